The molecule has 0 radical (unpaired) electrons. The van der Waals surface area contributed by atoms with Crippen LogP contribution in [0.1, 0.15) is 0 Å². The second kappa shape index (κ2) is 12.2. The fraction of sp³-hybridized carbons (Fsp3) is 0. The minimum absolute atomic E-state index is 0. The smallest absolute Gasteiger partial charge is 0.160 e. The van der Waals surface area contributed by atoms with Gasteiger partial charge in [0.2, 0.25) is 0 Å². The molecule has 11 aromatic rings. The number of fused-ring (bicyclic) bond motifs is 11. The molecule has 0 saturated carbocycles. The molecule has 0 bridgehead atoms. The molecule has 55 heavy (non-hydrogen) atoms. The Balaban J connectivity index is 0.00000352. The number of ether oxygens (including phenoxy) is 1. The molecule has 7 heteroatoms. The first-order valence-electron chi connectivity index (χ1n) is 18.1. The van der Waals surface area contributed by atoms with E-state index in [1.807, 2.05) is 36.5 Å². The minimum atomic E-state index is 0. The largest absolute Gasteiger partial charge is 0.509 e. The monoisotopic (exact) mass is 885 g/mol. The van der Waals surface area contributed by atoms with Gasteiger partial charge in [0, 0.05) is 82.9 Å². The summed E-state index contributed by atoms with van der Waals surface area (Å²) in [5, 5.41) is 7.00. The third kappa shape index (κ3) is 4.62. The van der Waals surface area contributed by atoms with Gasteiger partial charge < -0.3 is 23.3 Å². The molecule has 5 heterocycles. The van der Waals surface area contributed by atoms with Gasteiger partial charge in [-0.3, -0.25) is 0 Å². The predicted octanol–water partition coefficient (Wildman–Crippen LogP) is 12.2. The van der Waals surface area contributed by atoms with Gasteiger partial charge in [0.05, 0.1) is 16.6 Å². The molecule has 264 valence electrons. The molecule has 0 atom stereocenters. The number of hydrogen-bond donors (Lipinski definition) is 0. The number of para-hydroxylation sites is 6. The van der Waals surface area contributed by atoms with Crippen LogP contribution in [-0.2, 0) is 21.1 Å². The van der Waals surface area contributed by atoms with Crippen LogP contribution in [0.3, 0.4) is 0 Å². The maximum Gasteiger partial charge on any atom is 0.160 e. The van der Waals surface area contributed by atoms with Crippen molar-refractivity contribution in [3.8, 4) is 11.5 Å². The summed E-state index contributed by atoms with van der Waals surface area (Å²) in [7, 11) is 0. The van der Waals surface area contributed by atoms with E-state index >= 15 is 0 Å². The Morgan fingerprint density at radius 1 is 0.473 bits per heavy atom. The van der Waals surface area contributed by atoms with Crippen LogP contribution >= 0.6 is 0 Å². The van der Waals surface area contributed by atoms with E-state index in [0.717, 1.165) is 66.6 Å². The van der Waals surface area contributed by atoms with Crippen molar-refractivity contribution in [2.75, 3.05) is 9.80 Å². The van der Waals surface area contributed by atoms with Gasteiger partial charge in [-0.25, -0.2) is 4.98 Å². The first-order valence-corrected chi connectivity index (χ1v) is 18.1. The Morgan fingerprint density at radius 2 is 1.09 bits per heavy atom. The normalized spacial score (nSPS) is 12.8. The summed E-state index contributed by atoms with van der Waals surface area (Å²) in [5.74, 6) is 1.20. The van der Waals surface area contributed by atoms with Crippen LogP contribution in [-0.4, -0.2) is 13.8 Å². The third-order valence-corrected chi connectivity index (χ3v) is 10.8. The van der Waals surface area contributed by atoms with E-state index < -0.39 is 0 Å². The van der Waals surface area contributed by atoms with E-state index in [9.17, 15) is 0 Å². The molecule has 0 amide bonds. The van der Waals surface area contributed by atoms with Crippen LogP contribution in [0.25, 0.3) is 65.5 Å². The van der Waals surface area contributed by atoms with Crippen LogP contribution in [0.2, 0.25) is 0 Å². The number of anilines is 4. The molecule has 4 aromatic heterocycles. The average molecular weight is 886 g/mol. The van der Waals surface area contributed by atoms with Gasteiger partial charge in [0.1, 0.15) is 0 Å². The average Bonchev–Trinajstić information content (AvgIpc) is 3.89. The molecule has 0 saturated heterocycles. The quantitative estimate of drug-likeness (QED) is 0.165. The van der Waals surface area contributed by atoms with Crippen molar-refractivity contribution in [3.05, 3.63) is 183 Å². The van der Waals surface area contributed by atoms with Crippen molar-refractivity contribution in [2.45, 2.75) is 0 Å². The second-order valence-corrected chi connectivity index (χ2v) is 13.7. The molecule has 0 aliphatic carbocycles. The number of aromatic nitrogens is 3. The number of nitrogens with zero attached hydrogens (tertiary/aromatic N) is 5. The van der Waals surface area contributed by atoms with Crippen LogP contribution < -0.4 is 14.5 Å². The predicted molar refractivity (Wildman–Crippen MR) is 219 cm³/mol. The minimum Gasteiger partial charge on any atom is -0.509 e. The van der Waals surface area contributed by atoms with Crippen molar-refractivity contribution in [1.82, 2.24) is 13.8 Å². The van der Waals surface area contributed by atoms with Crippen LogP contribution in [0.4, 0.5) is 22.7 Å². The first-order chi connectivity index (χ1) is 26.8. The maximum atomic E-state index is 6.62. The van der Waals surface area contributed by atoms with Gasteiger partial charge in [-0.05, 0) is 47.9 Å². The summed E-state index contributed by atoms with van der Waals surface area (Å²) in [4.78, 5) is 9.45. The summed E-state index contributed by atoms with van der Waals surface area (Å²) in [5.41, 5.74) is 10.3. The summed E-state index contributed by atoms with van der Waals surface area (Å²) >= 11 is 0. The molecule has 1 aliphatic rings. The van der Waals surface area contributed by atoms with Gasteiger partial charge in [0.25, 0.3) is 0 Å². The van der Waals surface area contributed by atoms with E-state index in [4.69, 9.17) is 9.72 Å². The first kappa shape index (κ1) is 31.9. The van der Waals surface area contributed by atoms with E-state index in [0.29, 0.717) is 11.5 Å². The molecule has 0 unspecified atom stereocenters. The summed E-state index contributed by atoms with van der Waals surface area (Å²) in [6, 6.07) is 62.3. The zero-order chi connectivity index (χ0) is 35.3. The van der Waals surface area contributed by atoms with Crippen LogP contribution in [0, 0.1) is 18.8 Å². The number of hydrogen-bond acceptors (Lipinski definition) is 4. The molecular weight excluding hydrogens is 858 g/mol. The van der Waals surface area contributed by atoms with Crippen molar-refractivity contribution >= 4 is 88.3 Å². The Bertz CT molecular complexity index is 3320. The van der Waals surface area contributed by atoms with Crippen molar-refractivity contribution in [2.24, 2.45) is 0 Å². The number of benzene rings is 7. The molecular formula is C48H28N5OPt-3. The fourth-order valence-electron chi connectivity index (χ4n) is 8.53. The van der Waals surface area contributed by atoms with Gasteiger partial charge in [-0.2, -0.15) is 12.1 Å². The van der Waals surface area contributed by atoms with Crippen LogP contribution in [0.5, 0.6) is 11.5 Å². The molecule has 1 aliphatic heterocycles. The Kier molecular flexibility index (Phi) is 7.07. The van der Waals surface area contributed by atoms with E-state index in [-0.39, 0.29) is 21.1 Å². The van der Waals surface area contributed by atoms with Crippen molar-refractivity contribution < 1.29 is 25.8 Å². The number of rotatable bonds is 4. The molecule has 0 spiro atoms. The molecule has 0 fully saturated rings. The number of pyridine rings is 1. The maximum absolute atomic E-state index is 6.62. The van der Waals surface area contributed by atoms with Crippen molar-refractivity contribution in [1.29, 1.82) is 0 Å². The van der Waals surface area contributed by atoms with Crippen LogP contribution in [0.15, 0.2) is 164 Å². The molecule has 12 rings (SSSR count). The van der Waals surface area contributed by atoms with E-state index in [2.05, 4.69) is 165 Å². The Labute approximate surface area is 330 Å². The molecule has 6 nitrogen and oxygen atoms in total. The topological polar surface area (TPSA) is 37.4 Å². The molecule has 7 aromatic carbocycles. The van der Waals surface area contributed by atoms with Gasteiger partial charge in [0.15, 0.2) is 5.65 Å². The Morgan fingerprint density at radius 3 is 1.91 bits per heavy atom. The fourth-order valence-corrected chi connectivity index (χ4v) is 8.53. The van der Waals surface area contributed by atoms with E-state index in [1.165, 1.54) is 21.7 Å². The van der Waals surface area contributed by atoms with Gasteiger partial charge >= 0.3 is 0 Å². The zero-order valence-corrected chi connectivity index (χ0v) is 31.4. The zero-order valence-electron chi connectivity index (χ0n) is 29.1. The third-order valence-electron chi connectivity index (χ3n) is 10.8. The van der Waals surface area contributed by atoms with Crippen molar-refractivity contribution in [3.63, 3.8) is 0 Å². The summed E-state index contributed by atoms with van der Waals surface area (Å²) in [6.45, 7) is 2.11. The SMILES string of the molecule is [Pt].[c-]1c(Oc2[c-]c3c(cc2)c2cccc4c5cccc6c7ccccc7n(c7cccnc7n3c24)c65)cccc1N1[CH-]N(c2ccccc2)c2ccccc21. The van der Waals surface area contributed by atoms with Gasteiger partial charge in [-0.1, -0.05) is 90.4 Å². The Hall–Kier alpha value is -6.62. The summed E-state index contributed by atoms with van der Waals surface area (Å²) in [6.07, 6.45) is 1.88. The summed E-state index contributed by atoms with van der Waals surface area (Å²) < 4.78 is 11.3. The van der Waals surface area contributed by atoms with E-state index in [1.54, 1.807) is 0 Å². The molecule has 0 N–H and O–H groups in total. The second-order valence-electron chi connectivity index (χ2n) is 13.7. The van der Waals surface area contributed by atoms with Gasteiger partial charge in [-0.15, -0.1) is 48.1 Å². The standard InChI is InChI=1S/C48H28N5O.Pt/c1-2-12-31(13-3-1)50-30-51(43-23-7-6-22-42(43)50)32-14-8-15-33(28-32)54-34-25-26-36-38-18-10-20-40-39-19-9-17-37-35-16-4-5-21-41(35)52(46(37)39)44-24-11-27-49-48(44)53(47(38)40)45(36)29-34;/h1-27,30H;/q-3;.